The van der Waals surface area contributed by atoms with Crippen LogP contribution >= 0.6 is 7.82 Å². The number of anilines is 1. The maximum absolute atomic E-state index is 13.1. The Balaban J connectivity index is 1.23. The van der Waals surface area contributed by atoms with Crippen LogP contribution in [0.25, 0.3) is 11.2 Å². The van der Waals surface area contributed by atoms with Crippen molar-refractivity contribution in [1.29, 1.82) is 0 Å². The molecule has 1 aliphatic rings. The quantitative estimate of drug-likeness (QED) is 0.158. The minimum atomic E-state index is -4.58. The first-order valence-electron chi connectivity index (χ1n) is 12.8. The average molecular weight is 588 g/mol. The molecule has 3 heterocycles. The first-order valence-corrected chi connectivity index (χ1v) is 14.3. The van der Waals surface area contributed by atoms with Crippen molar-refractivity contribution in [2.24, 2.45) is 0 Å². The molecule has 0 amide bonds. The first kappa shape index (κ1) is 29.0. The number of nitrogens with zero attached hydrogens (tertiary/aromatic N) is 4. The third kappa shape index (κ3) is 6.56. The van der Waals surface area contributed by atoms with Gasteiger partial charge in [-0.1, -0.05) is 60.7 Å². The number of aliphatic hydroxyl groups is 3. The molecular formula is C26H30N5O9P. The fourth-order valence-corrected chi connectivity index (χ4v) is 5.27. The fourth-order valence-electron chi connectivity index (χ4n) is 4.53. The highest BCUT2D eigenvalue weighted by Crippen LogP contribution is 2.45. The molecule has 4 aromatic rings. The number of phosphoric ester groups is 1. The smallest absolute Gasteiger partial charge is 0.390 e. The van der Waals surface area contributed by atoms with Crippen molar-refractivity contribution in [3.8, 4) is 0 Å². The molecule has 1 aliphatic heterocycles. The van der Waals surface area contributed by atoms with Gasteiger partial charge in [0.1, 0.15) is 18.4 Å². The zero-order valence-electron chi connectivity index (χ0n) is 21.7. The number of ether oxygens (including phenoxy) is 1. The summed E-state index contributed by atoms with van der Waals surface area (Å²) in [6.07, 6.45) is -3.72. The molecule has 41 heavy (non-hydrogen) atoms. The van der Waals surface area contributed by atoms with Gasteiger partial charge in [-0.05, 0) is 11.1 Å². The zero-order chi connectivity index (χ0) is 29.1. The van der Waals surface area contributed by atoms with Crippen LogP contribution < -0.4 is 11.3 Å². The Morgan fingerprint density at radius 3 is 2.34 bits per heavy atom. The molecule has 1 saturated heterocycles. The highest BCUT2D eigenvalue weighted by Gasteiger charge is 2.38. The summed E-state index contributed by atoms with van der Waals surface area (Å²) in [5.74, 6) is -0.145. The predicted molar refractivity (Wildman–Crippen MR) is 145 cm³/mol. The Labute approximate surface area is 233 Å². The average Bonchev–Trinajstić information content (AvgIpc) is 3.56. The highest BCUT2D eigenvalue weighted by atomic mass is 31.2. The van der Waals surface area contributed by atoms with Gasteiger partial charge in [-0.25, -0.2) is 9.55 Å². The number of aromatic nitrogens is 4. The van der Waals surface area contributed by atoms with Crippen molar-refractivity contribution in [2.75, 3.05) is 18.9 Å². The first-order chi connectivity index (χ1) is 19.6. The van der Waals surface area contributed by atoms with Crippen molar-refractivity contribution in [3.05, 3.63) is 88.5 Å². The van der Waals surface area contributed by atoms with Gasteiger partial charge in [0, 0.05) is 6.42 Å². The molecule has 6 atom stereocenters. The van der Waals surface area contributed by atoms with Crippen LogP contribution in [-0.2, 0) is 24.9 Å². The molecule has 2 aromatic heterocycles. The van der Waals surface area contributed by atoms with Gasteiger partial charge in [0.2, 0.25) is 5.95 Å². The lowest BCUT2D eigenvalue weighted by molar-refractivity contribution is -0.0451. The van der Waals surface area contributed by atoms with Crippen LogP contribution in [0.1, 0.15) is 36.0 Å². The van der Waals surface area contributed by atoms with Crippen molar-refractivity contribution in [3.63, 3.8) is 0 Å². The van der Waals surface area contributed by atoms with Crippen molar-refractivity contribution >= 4 is 24.9 Å². The zero-order valence-corrected chi connectivity index (χ0v) is 22.6. The lowest BCUT2D eigenvalue weighted by atomic mass is 10.1. The summed E-state index contributed by atoms with van der Waals surface area (Å²) in [5.41, 5.74) is 6.73. The van der Waals surface area contributed by atoms with E-state index in [0.717, 1.165) is 4.57 Å². The molecule has 1 fully saturated rings. The largest absolute Gasteiger partial charge is 0.472 e. The minimum absolute atomic E-state index is 0.0116. The molecule has 0 radical (unpaired) electrons. The number of nitrogens with two attached hydrogens (primary N) is 1. The van der Waals surface area contributed by atoms with E-state index < -0.39 is 57.2 Å². The maximum atomic E-state index is 13.1. The molecule has 15 heteroatoms. The maximum Gasteiger partial charge on any atom is 0.472 e. The van der Waals surface area contributed by atoms with Gasteiger partial charge in [-0.2, -0.15) is 4.98 Å². The van der Waals surface area contributed by atoms with Gasteiger partial charge < -0.3 is 30.7 Å². The van der Waals surface area contributed by atoms with E-state index >= 15 is 0 Å². The Morgan fingerprint density at radius 2 is 1.68 bits per heavy atom. The second kappa shape index (κ2) is 12.2. The predicted octanol–water partition coefficient (Wildman–Crippen LogP) is 1.42. The Morgan fingerprint density at radius 1 is 1.05 bits per heavy atom. The second-order valence-corrected chi connectivity index (χ2v) is 11.0. The van der Waals surface area contributed by atoms with Gasteiger partial charge in [0.15, 0.2) is 11.2 Å². The van der Waals surface area contributed by atoms with Crippen LogP contribution in [0.5, 0.6) is 0 Å². The van der Waals surface area contributed by atoms with Gasteiger partial charge in [0.25, 0.3) is 5.56 Å². The molecule has 0 spiro atoms. The van der Waals surface area contributed by atoms with E-state index in [4.69, 9.17) is 19.5 Å². The minimum Gasteiger partial charge on any atom is -0.390 e. The monoisotopic (exact) mass is 587 g/mol. The molecule has 0 aliphatic carbocycles. The lowest BCUT2D eigenvalue weighted by Gasteiger charge is -2.19. The van der Waals surface area contributed by atoms with Crippen LogP contribution in [0.3, 0.4) is 0 Å². The number of aliphatic hydroxyl groups excluding tert-OH is 3. The summed E-state index contributed by atoms with van der Waals surface area (Å²) < 4.78 is 30.6. The number of hydrogen-bond donors (Lipinski definition) is 5. The number of imidazole rings is 1. The van der Waals surface area contributed by atoms with Gasteiger partial charge in [-0.3, -0.25) is 23.0 Å². The molecule has 218 valence electrons. The van der Waals surface area contributed by atoms with E-state index in [1.165, 1.54) is 10.9 Å². The number of nitrogen functional groups attached to an aromatic ring is 1. The summed E-state index contributed by atoms with van der Waals surface area (Å²) >= 11 is 0. The highest BCUT2D eigenvalue weighted by molar-refractivity contribution is 7.47. The van der Waals surface area contributed by atoms with E-state index in [1.54, 1.807) is 54.6 Å². The molecule has 6 N–H and O–H groups in total. The molecule has 5 rings (SSSR count). The summed E-state index contributed by atoms with van der Waals surface area (Å²) in [6, 6.07) is 17.3. The Kier molecular flexibility index (Phi) is 8.63. The van der Waals surface area contributed by atoms with Crippen LogP contribution in [0, 0.1) is 0 Å². The normalized spacial score (nSPS) is 22.0. The summed E-state index contributed by atoms with van der Waals surface area (Å²) in [7, 11) is -4.58. The molecular weight excluding hydrogens is 557 g/mol. The van der Waals surface area contributed by atoms with Crippen LogP contribution in [0.2, 0.25) is 0 Å². The second-order valence-electron chi connectivity index (χ2n) is 9.56. The van der Waals surface area contributed by atoms with Gasteiger partial charge in [-0.15, -0.1) is 0 Å². The van der Waals surface area contributed by atoms with E-state index in [-0.39, 0.29) is 30.1 Å². The standard InChI is InChI=1S/C26H30N5O9P/c27-26-29-24-23(25(35)30(26)12-19(33)16-7-3-1-4-8-16)28-15-31(24)22-11-18(32)21(40-22)14-39-41(36,37)38-13-20(34)17-9-5-2-6-10-17/h1-10,15,18-22,32-34H,11-14H2,(H2,27,29)(H,36,37)/t18-,19?,20?,21+,22+/m0/s1. The Hall–Kier alpha value is -3.46. The molecule has 3 unspecified atom stereocenters. The third-order valence-electron chi connectivity index (χ3n) is 6.75. The molecule has 2 aromatic carbocycles. The fraction of sp³-hybridized carbons (Fsp3) is 0.346. The number of fused-ring (bicyclic) bond motifs is 1. The molecule has 14 nitrogen and oxygen atoms in total. The van der Waals surface area contributed by atoms with E-state index in [0.29, 0.717) is 11.1 Å². The van der Waals surface area contributed by atoms with Gasteiger partial charge >= 0.3 is 7.82 Å². The lowest BCUT2D eigenvalue weighted by Crippen LogP contribution is -2.28. The summed E-state index contributed by atoms with van der Waals surface area (Å²) in [6.45, 7) is -1.10. The SMILES string of the molecule is Nc1nc2c(ncn2[C@H]2C[C@H](O)[C@@H](COP(=O)(O)OCC(O)c3ccccc3)O2)c(=O)n1CC(O)c1ccccc1. The van der Waals surface area contributed by atoms with Crippen LogP contribution in [0.15, 0.2) is 71.8 Å². The number of benzene rings is 2. The third-order valence-corrected chi connectivity index (χ3v) is 7.70. The summed E-state index contributed by atoms with van der Waals surface area (Å²) in [5, 5.41) is 31.2. The van der Waals surface area contributed by atoms with E-state index in [9.17, 15) is 29.6 Å². The van der Waals surface area contributed by atoms with E-state index in [1.807, 2.05) is 6.07 Å². The van der Waals surface area contributed by atoms with Crippen molar-refractivity contribution in [1.82, 2.24) is 19.1 Å². The molecule has 0 bridgehead atoms. The van der Waals surface area contributed by atoms with Crippen molar-refractivity contribution in [2.45, 2.75) is 43.6 Å². The number of phosphoric acid groups is 1. The number of hydrogen-bond acceptors (Lipinski definition) is 11. The topological polar surface area (TPSA) is 204 Å². The van der Waals surface area contributed by atoms with Crippen LogP contribution in [-0.4, -0.2) is 64.7 Å². The summed E-state index contributed by atoms with van der Waals surface area (Å²) in [4.78, 5) is 31.6. The molecule has 0 saturated carbocycles. The van der Waals surface area contributed by atoms with Gasteiger partial charge in [0.05, 0.1) is 38.3 Å². The Bertz CT molecular complexity index is 1580. The van der Waals surface area contributed by atoms with Crippen LogP contribution in [0.4, 0.5) is 5.95 Å². The number of rotatable bonds is 11. The van der Waals surface area contributed by atoms with E-state index in [2.05, 4.69) is 9.97 Å². The van der Waals surface area contributed by atoms with Crippen molar-refractivity contribution < 1.29 is 38.6 Å².